The largest absolute Gasteiger partial charge is 0.388 e. The van der Waals surface area contributed by atoms with Crippen molar-refractivity contribution in [2.75, 3.05) is 0 Å². The molecule has 0 amide bonds. The Bertz CT molecular complexity index is 162. The van der Waals surface area contributed by atoms with Crippen LogP contribution in [-0.4, -0.2) is 16.2 Å². The van der Waals surface area contributed by atoms with Crippen molar-refractivity contribution in [1.29, 1.82) is 0 Å². The van der Waals surface area contributed by atoms with Crippen molar-refractivity contribution in [2.24, 2.45) is 11.7 Å². The minimum atomic E-state index is -0.634. The zero-order chi connectivity index (χ0) is 9.41. The molecule has 2 nitrogen and oxygen atoms in total. The molecular weight excluding hydrogens is 150 g/mol. The summed E-state index contributed by atoms with van der Waals surface area (Å²) in [5.74, 6) is 0.617. The molecule has 1 fully saturated rings. The Labute approximate surface area is 75.2 Å². The average molecular weight is 171 g/mol. The third-order valence-corrected chi connectivity index (χ3v) is 3.17. The first kappa shape index (κ1) is 10.0. The highest BCUT2D eigenvalue weighted by Crippen LogP contribution is 2.37. The van der Waals surface area contributed by atoms with Crippen LogP contribution in [0.15, 0.2) is 0 Å². The molecule has 1 saturated carbocycles. The molecule has 0 heterocycles. The third-order valence-electron chi connectivity index (χ3n) is 3.17. The molecule has 0 aromatic heterocycles. The summed E-state index contributed by atoms with van der Waals surface area (Å²) in [6.07, 6.45) is 4.06. The van der Waals surface area contributed by atoms with Crippen LogP contribution >= 0.6 is 0 Å². The fourth-order valence-corrected chi connectivity index (χ4v) is 2.11. The maximum absolute atomic E-state index is 10.3. The van der Waals surface area contributed by atoms with Gasteiger partial charge in [-0.3, -0.25) is 0 Å². The summed E-state index contributed by atoms with van der Waals surface area (Å²) in [6, 6.07) is 0. The zero-order valence-corrected chi connectivity index (χ0v) is 8.43. The Morgan fingerprint density at radius 3 is 2.42 bits per heavy atom. The van der Waals surface area contributed by atoms with E-state index in [-0.39, 0.29) is 0 Å². The SMILES string of the molecule is CC1CCCC(O)(C(C)(C)N)C1. The van der Waals surface area contributed by atoms with Crippen molar-refractivity contribution in [3.63, 3.8) is 0 Å². The van der Waals surface area contributed by atoms with E-state index in [9.17, 15) is 5.11 Å². The lowest BCUT2D eigenvalue weighted by Gasteiger charge is -2.44. The molecule has 0 aliphatic heterocycles. The van der Waals surface area contributed by atoms with Crippen molar-refractivity contribution in [3.8, 4) is 0 Å². The topological polar surface area (TPSA) is 46.2 Å². The first-order chi connectivity index (χ1) is 5.35. The summed E-state index contributed by atoms with van der Waals surface area (Å²) in [7, 11) is 0. The van der Waals surface area contributed by atoms with Crippen LogP contribution in [0.2, 0.25) is 0 Å². The maximum Gasteiger partial charge on any atom is 0.0823 e. The zero-order valence-electron chi connectivity index (χ0n) is 8.43. The minimum Gasteiger partial charge on any atom is -0.388 e. The Morgan fingerprint density at radius 2 is 2.08 bits per heavy atom. The molecule has 0 aromatic rings. The van der Waals surface area contributed by atoms with Crippen molar-refractivity contribution in [3.05, 3.63) is 0 Å². The molecular formula is C10H21NO. The summed E-state index contributed by atoms with van der Waals surface area (Å²) < 4.78 is 0. The highest BCUT2D eigenvalue weighted by Gasteiger charge is 2.43. The van der Waals surface area contributed by atoms with E-state index < -0.39 is 11.1 Å². The second-order valence-electron chi connectivity index (χ2n) is 4.95. The molecule has 2 unspecified atom stereocenters. The molecule has 72 valence electrons. The van der Waals surface area contributed by atoms with Gasteiger partial charge in [-0.2, -0.15) is 0 Å². The molecule has 3 N–H and O–H groups in total. The predicted octanol–water partition coefficient (Wildman–Crippen LogP) is 1.66. The van der Waals surface area contributed by atoms with Crippen molar-refractivity contribution >= 4 is 0 Å². The smallest absolute Gasteiger partial charge is 0.0823 e. The van der Waals surface area contributed by atoms with Crippen molar-refractivity contribution < 1.29 is 5.11 Å². The first-order valence-corrected chi connectivity index (χ1v) is 4.86. The Kier molecular flexibility index (Phi) is 2.50. The summed E-state index contributed by atoms with van der Waals surface area (Å²) in [4.78, 5) is 0. The molecule has 1 aliphatic rings. The quantitative estimate of drug-likeness (QED) is 0.630. The van der Waals surface area contributed by atoms with Crippen LogP contribution < -0.4 is 5.73 Å². The van der Waals surface area contributed by atoms with E-state index in [0.29, 0.717) is 5.92 Å². The summed E-state index contributed by atoms with van der Waals surface area (Å²) in [5.41, 5.74) is 4.87. The first-order valence-electron chi connectivity index (χ1n) is 4.86. The fraction of sp³-hybridized carbons (Fsp3) is 1.00. The number of hydrogen-bond acceptors (Lipinski definition) is 2. The molecule has 1 aliphatic carbocycles. The van der Waals surface area contributed by atoms with E-state index in [0.717, 1.165) is 19.3 Å². The van der Waals surface area contributed by atoms with Gasteiger partial charge in [-0.05, 0) is 32.6 Å². The summed E-state index contributed by atoms with van der Waals surface area (Å²) in [5, 5.41) is 10.3. The number of rotatable bonds is 1. The second kappa shape index (κ2) is 3.00. The van der Waals surface area contributed by atoms with Gasteiger partial charge in [0, 0.05) is 5.54 Å². The number of nitrogens with two attached hydrogens (primary N) is 1. The standard InChI is InChI=1S/C10H21NO/c1-8-5-4-6-10(12,7-8)9(2,3)11/h8,12H,4-7,11H2,1-3H3. The molecule has 0 saturated heterocycles. The van der Waals surface area contributed by atoms with Gasteiger partial charge in [0.2, 0.25) is 0 Å². The normalized spacial score (nSPS) is 38.2. The van der Waals surface area contributed by atoms with Gasteiger partial charge < -0.3 is 10.8 Å². The highest BCUT2D eigenvalue weighted by atomic mass is 16.3. The molecule has 12 heavy (non-hydrogen) atoms. The van der Waals surface area contributed by atoms with E-state index in [1.807, 2.05) is 13.8 Å². The summed E-state index contributed by atoms with van der Waals surface area (Å²) in [6.45, 7) is 6.03. The molecule has 2 heteroatoms. The van der Waals surface area contributed by atoms with E-state index in [1.54, 1.807) is 0 Å². The number of hydrogen-bond donors (Lipinski definition) is 2. The molecule has 0 spiro atoms. The Balaban J connectivity index is 2.70. The summed E-state index contributed by atoms with van der Waals surface area (Å²) >= 11 is 0. The van der Waals surface area contributed by atoms with E-state index in [2.05, 4.69) is 6.92 Å². The average Bonchev–Trinajstić information content (AvgIpc) is 1.83. The van der Waals surface area contributed by atoms with Gasteiger partial charge >= 0.3 is 0 Å². The van der Waals surface area contributed by atoms with E-state index in [1.165, 1.54) is 6.42 Å². The van der Waals surface area contributed by atoms with Crippen LogP contribution in [0, 0.1) is 5.92 Å². The third kappa shape index (κ3) is 1.80. The molecule has 0 aromatic carbocycles. The van der Waals surface area contributed by atoms with E-state index >= 15 is 0 Å². The monoisotopic (exact) mass is 171 g/mol. The van der Waals surface area contributed by atoms with Gasteiger partial charge in [0.25, 0.3) is 0 Å². The predicted molar refractivity (Wildman–Crippen MR) is 50.8 cm³/mol. The van der Waals surface area contributed by atoms with Gasteiger partial charge in [0.15, 0.2) is 0 Å². The lowest BCUT2D eigenvalue weighted by Crippen LogP contribution is -2.58. The van der Waals surface area contributed by atoms with Crippen LogP contribution in [-0.2, 0) is 0 Å². The molecule has 1 rings (SSSR count). The molecule has 0 radical (unpaired) electrons. The number of aliphatic hydroxyl groups is 1. The maximum atomic E-state index is 10.3. The molecule has 2 atom stereocenters. The minimum absolute atomic E-state index is 0.457. The fourth-order valence-electron chi connectivity index (χ4n) is 2.11. The Hall–Kier alpha value is -0.0800. The van der Waals surface area contributed by atoms with Crippen molar-refractivity contribution in [1.82, 2.24) is 0 Å². The lowest BCUT2D eigenvalue weighted by molar-refractivity contribution is -0.0646. The molecule has 0 bridgehead atoms. The van der Waals surface area contributed by atoms with Gasteiger partial charge in [0.05, 0.1) is 5.60 Å². The highest BCUT2D eigenvalue weighted by molar-refractivity contribution is 5.00. The lowest BCUT2D eigenvalue weighted by atomic mass is 9.69. The van der Waals surface area contributed by atoms with Crippen LogP contribution in [0.25, 0.3) is 0 Å². The van der Waals surface area contributed by atoms with Gasteiger partial charge in [-0.15, -0.1) is 0 Å². The van der Waals surface area contributed by atoms with Crippen LogP contribution in [0.5, 0.6) is 0 Å². The van der Waals surface area contributed by atoms with Gasteiger partial charge in [-0.1, -0.05) is 19.8 Å². The van der Waals surface area contributed by atoms with Gasteiger partial charge in [0.1, 0.15) is 0 Å². The Morgan fingerprint density at radius 1 is 1.50 bits per heavy atom. The van der Waals surface area contributed by atoms with Crippen LogP contribution in [0.1, 0.15) is 46.5 Å². The van der Waals surface area contributed by atoms with Crippen molar-refractivity contribution in [2.45, 2.75) is 57.6 Å². The van der Waals surface area contributed by atoms with Crippen LogP contribution in [0.4, 0.5) is 0 Å². The van der Waals surface area contributed by atoms with Crippen LogP contribution in [0.3, 0.4) is 0 Å². The van der Waals surface area contributed by atoms with Gasteiger partial charge in [-0.25, -0.2) is 0 Å². The van der Waals surface area contributed by atoms with E-state index in [4.69, 9.17) is 5.73 Å². The second-order valence-corrected chi connectivity index (χ2v) is 4.95.